The minimum absolute atomic E-state index is 0. The van der Waals surface area contributed by atoms with Gasteiger partial charge < -0.3 is 10.6 Å². The van der Waals surface area contributed by atoms with E-state index < -0.39 is 0 Å². The van der Waals surface area contributed by atoms with Crippen molar-refractivity contribution in [3.8, 4) is 0 Å². The van der Waals surface area contributed by atoms with Crippen LogP contribution in [-0.2, 0) is 13.0 Å². The van der Waals surface area contributed by atoms with Crippen LogP contribution in [0.4, 0.5) is 0 Å². The Morgan fingerprint density at radius 2 is 1.62 bits per heavy atom. The van der Waals surface area contributed by atoms with Gasteiger partial charge in [-0.1, -0.05) is 31.2 Å². The second-order valence-corrected chi connectivity index (χ2v) is 4.43. The molecule has 3 heteroatoms. The topological polar surface area (TPSA) is 29.3 Å². The van der Waals surface area contributed by atoms with Crippen molar-refractivity contribution < 1.29 is 0 Å². The van der Waals surface area contributed by atoms with Crippen molar-refractivity contribution in [1.82, 2.24) is 4.90 Å². The van der Waals surface area contributed by atoms with E-state index in [-0.39, 0.29) is 12.4 Å². The molecule has 92 valence electrons. The van der Waals surface area contributed by atoms with Crippen molar-refractivity contribution in [2.24, 2.45) is 5.73 Å². The van der Waals surface area contributed by atoms with Gasteiger partial charge in [0.05, 0.1) is 0 Å². The quantitative estimate of drug-likeness (QED) is 0.860. The Labute approximate surface area is 105 Å². The number of hydrogen-bond acceptors (Lipinski definition) is 2. The Bertz CT molecular complexity index is 282. The highest BCUT2D eigenvalue weighted by Crippen LogP contribution is 2.08. The predicted octanol–water partition coefficient (Wildman–Crippen LogP) is 2.45. The van der Waals surface area contributed by atoms with Crippen molar-refractivity contribution in [2.75, 3.05) is 14.1 Å². The molecule has 0 aliphatic carbocycles. The molecule has 0 bridgehead atoms. The third-order valence-corrected chi connectivity index (χ3v) is 2.54. The van der Waals surface area contributed by atoms with E-state index in [9.17, 15) is 0 Å². The van der Waals surface area contributed by atoms with Crippen LogP contribution in [0.15, 0.2) is 24.3 Å². The molecule has 2 N–H and O–H groups in total. The fourth-order valence-corrected chi connectivity index (χ4v) is 1.59. The van der Waals surface area contributed by atoms with E-state index in [1.54, 1.807) is 0 Å². The molecule has 0 saturated heterocycles. The Morgan fingerprint density at radius 3 is 2.06 bits per heavy atom. The number of nitrogens with two attached hydrogens (primary N) is 1. The van der Waals surface area contributed by atoms with Gasteiger partial charge in [-0.15, -0.1) is 12.4 Å². The molecule has 2 nitrogen and oxygen atoms in total. The van der Waals surface area contributed by atoms with Gasteiger partial charge in [-0.2, -0.15) is 0 Å². The minimum Gasteiger partial charge on any atom is -0.327 e. The number of halogens is 1. The first-order valence-corrected chi connectivity index (χ1v) is 5.60. The normalized spacial score (nSPS) is 12.3. The largest absolute Gasteiger partial charge is 0.327 e. The highest BCUT2D eigenvalue weighted by Gasteiger charge is 2.01. The Hall–Kier alpha value is -0.570. The second kappa shape index (κ2) is 7.66. The first-order valence-electron chi connectivity index (χ1n) is 5.60. The summed E-state index contributed by atoms with van der Waals surface area (Å²) >= 11 is 0. The molecule has 16 heavy (non-hydrogen) atoms. The van der Waals surface area contributed by atoms with Crippen LogP contribution in [0.2, 0.25) is 0 Å². The van der Waals surface area contributed by atoms with Crippen LogP contribution >= 0.6 is 12.4 Å². The molecule has 1 rings (SSSR count). The lowest BCUT2D eigenvalue weighted by molar-refractivity contribution is 0.402. The fraction of sp³-hybridized carbons (Fsp3) is 0.538. The number of benzene rings is 1. The maximum Gasteiger partial charge on any atom is 0.0227 e. The Balaban J connectivity index is 0.00000225. The Morgan fingerprint density at radius 1 is 1.12 bits per heavy atom. The summed E-state index contributed by atoms with van der Waals surface area (Å²) in [5.41, 5.74) is 8.61. The maximum absolute atomic E-state index is 5.92. The fourth-order valence-electron chi connectivity index (χ4n) is 1.59. The smallest absolute Gasteiger partial charge is 0.0227 e. The van der Waals surface area contributed by atoms with E-state index in [0.717, 1.165) is 19.4 Å². The van der Waals surface area contributed by atoms with Gasteiger partial charge in [-0.3, -0.25) is 0 Å². The lowest BCUT2D eigenvalue weighted by Crippen LogP contribution is -2.21. The van der Waals surface area contributed by atoms with E-state index in [0.29, 0.717) is 6.04 Å². The monoisotopic (exact) mass is 242 g/mol. The average Bonchev–Trinajstić information content (AvgIpc) is 2.20. The number of rotatable bonds is 5. The highest BCUT2D eigenvalue weighted by atomic mass is 35.5. The lowest BCUT2D eigenvalue weighted by atomic mass is 10.0. The molecule has 0 aromatic heterocycles. The van der Waals surface area contributed by atoms with Crippen LogP contribution in [0, 0.1) is 0 Å². The molecule has 0 amide bonds. The summed E-state index contributed by atoms with van der Waals surface area (Å²) in [4.78, 5) is 2.17. The van der Waals surface area contributed by atoms with E-state index in [2.05, 4.69) is 50.2 Å². The summed E-state index contributed by atoms with van der Waals surface area (Å²) in [5, 5.41) is 0. The van der Waals surface area contributed by atoms with Gasteiger partial charge in [0.15, 0.2) is 0 Å². The minimum atomic E-state index is 0. The molecular weight excluding hydrogens is 220 g/mol. The molecule has 0 aliphatic rings. The van der Waals surface area contributed by atoms with E-state index in [1.165, 1.54) is 11.1 Å². The molecule has 0 spiro atoms. The van der Waals surface area contributed by atoms with Crippen molar-refractivity contribution in [2.45, 2.75) is 32.4 Å². The maximum atomic E-state index is 5.92. The summed E-state index contributed by atoms with van der Waals surface area (Å²) in [6, 6.07) is 9.06. The van der Waals surface area contributed by atoms with Crippen LogP contribution in [0.25, 0.3) is 0 Å². The zero-order valence-corrected chi connectivity index (χ0v) is 11.3. The number of hydrogen-bond donors (Lipinski definition) is 1. The first-order chi connectivity index (χ1) is 7.11. The predicted molar refractivity (Wildman–Crippen MR) is 73.1 cm³/mol. The van der Waals surface area contributed by atoms with Crippen LogP contribution < -0.4 is 5.73 Å². The number of nitrogens with zero attached hydrogens (tertiary/aromatic N) is 1. The Kier molecular flexibility index (Phi) is 7.39. The molecule has 0 fully saturated rings. The van der Waals surface area contributed by atoms with E-state index >= 15 is 0 Å². The summed E-state index contributed by atoms with van der Waals surface area (Å²) < 4.78 is 0. The first kappa shape index (κ1) is 15.4. The zero-order chi connectivity index (χ0) is 11.3. The van der Waals surface area contributed by atoms with Crippen molar-refractivity contribution in [3.63, 3.8) is 0 Å². The molecule has 1 unspecified atom stereocenters. The summed E-state index contributed by atoms with van der Waals surface area (Å²) in [6.45, 7) is 3.13. The van der Waals surface area contributed by atoms with Gasteiger partial charge in [-0.05, 0) is 38.1 Å². The van der Waals surface area contributed by atoms with Gasteiger partial charge >= 0.3 is 0 Å². The molecule has 1 atom stereocenters. The molecular formula is C13H23ClN2. The summed E-state index contributed by atoms with van der Waals surface area (Å²) in [6.07, 6.45) is 2.03. The standard InChI is InChI=1S/C13H22N2.ClH/c1-4-13(14)9-11-5-7-12(8-6-11)10-15(2)3;/h5-8,13H,4,9-10,14H2,1-3H3;1H. The van der Waals surface area contributed by atoms with Gasteiger partial charge in [0.2, 0.25) is 0 Å². The van der Waals surface area contributed by atoms with E-state index in [4.69, 9.17) is 5.73 Å². The third-order valence-electron chi connectivity index (χ3n) is 2.54. The van der Waals surface area contributed by atoms with Gasteiger partial charge in [0.25, 0.3) is 0 Å². The summed E-state index contributed by atoms with van der Waals surface area (Å²) in [5.74, 6) is 0. The van der Waals surface area contributed by atoms with Crippen molar-refractivity contribution in [1.29, 1.82) is 0 Å². The zero-order valence-electron chi connectivity index (χ0n) is 10.4. The molecule has 0 aliphatic heterocycles. The van der Waals surface area contributed by atoms with Crippen molar-refractivity contribution >= 4 is 12.4 Å². The summed E-state index contributed by atoms with van der Waals surface area (Å²) in [7, 11) is 4.17. The van der Waals surface area contributed by atoms with E-state index in [1.807, 2.05) is 0 Å². The molecule has 0 saturated carbocycles. The third kappa shape index (κ3) is 5.50. The molecule has 1 aromatic carbocycles. The van der Waals surface area contributed by atoms with Crippen molar-refractivity contribution in [3.05, 3.63) is 35.4 Å². The highest BCUT2D eigenvalue weighted by molar-refractivity contribution is 5.85. The average molecular weight is 243 g/mol. The molecule has 1 aromatic rings. The SMILES string of the molecule is CCC(N)Cc1ccc(CN(C)C)cc1.Cl. The van der Waals surface area contributed by atoms with Crippen LogP contribution in [0.3, 0.4) is 0 Å². The molecule has 0 heterocycles. The van der Waals surface area contributed by atoms with Gasteiger partial charge in [0.1, 0.15) is 0 Å². The van der Waals surface area contributed by atoms with Crippen LogP contribution in [0.1, 0.15) is 24.5 Å². The van der Waals surface area contributed by atoms with Crippen LogP contribution in [-0.4, -0.2) is 25.0 Å². The van der Waals surface area contributed by atoms with Crippen LogP contribution in [0.5, 0.6) is 0 Å². The molecule has 0 radical (unpaired) electrons. The second-order valence-electron chi connectivity index (χ2n) is 4.43. The lowest BCUT2D eigenvalue weighted by Gasteiger charge is -2.11. The van der Waals surface area contributed by atoms with Gasteiger partial charge in [-0.25, -0.2) is 0 Å². The van der Waals surface area contributed by atoms with Gasteiger partial charge in [0, 0.05) is 12.6 Å².